The molecule has 0 saturated carbocycles. The molecule has 0 bridgehead atoms. The van der Waals surface area contributed by atoms with Crippen LogP contribution < -0.4 is 9.61 Å². The van der Waals surface area contributed by atoms with Crippen LogP contribution in [-0.4, -0.2) is 29.5 Å². The van der Waals surface area contributed by atoms with Gasteiger partial charge in [0.05, 0.1) is 24.7 Å². The molecule has 1 aromatic carbocycles. The zero-order valence-corrected chi connectivity index (χ0v) is 15.5. The van der Waals surface area contributed by atoms with Crippen molar-refractivity contribution in [3.05, 3.63) is 44.4 Å². The number of hydrogen-bond acceptors (Lipinski definition) is 6. The third-order valence-corrected chi connectivity index (χ3v) is 7.11. The van der Waals surface area contributed by atoms with Gasteiger partial charge < -0.3 is 9.47 Å². The molecule has 2 atom stereocenters. The minimum Gasteiger partial charge on any atom is -0.493 e. The fourth-order valence-electron chi connectivity index (χ4n) is 3.48. The number of fused-ring (bicyclic) bond motifs is 5. The van der Waals surface area contributed by atoms with Gasteiger partial charge in [-0.15, -0.1) is 11.8 Å². The normalized spacial score (nSPS) is 20.8. The zero-order valence-electron chi connectivity index (χ0n) is 13.9. The molecule has 5 nitrogen and oxygen atoms in total. The lowest BCUT2D eigenvalue weighted by Gasteiger charge is -2.36. The first-order valence-corrected chi connectivity index (χ1v) is 10.2. The van der Waals surface area contributed by atoms with E-state index >= 15 is 0 Å². The van der Waals surface area contributed by atoms with Gasteiger partial charge in [-0.2, -0.15) is 0 Å². The standard InChI is InChI=1S/C18H19NO4S2/c1-2-22-14(20)7-8-19-17-16(25-18(19)21)15-11(10-24-17)9-23-13-6-4-3-5-12(13)15/h3-6,11,15H,2,7-10H2,1H3/t11-,15+/m1/s1. The summed E-state index contributed by atoms with van der Waals surface area (Å²) < 4.78 is 12.6. The van der Waals surface area contributed by atoms with E-state index in [2.05, 4.69) is 6.07 Å². The van der Waals surface area contributed by atoms with Crippen molar-refractivity contribution in [3.8, 4) is 5.75 Å². The number of carbonyl (C=O) groups excluding carboxylic acids is 1. The van der Waals surface area contributed by atoms with Crippen LogP contribution in [0.15, 0.2) is 34.1 Å². The van der Waals surface area contributed by atoms with E-state index in [0.717, 1.165) is 21.4 Å². The molecule has 4 rings (SSSR count). The van der Waals surface area contributed by atoms with Gasteiger partial charge in [-0.1, -0.05) is 29.5 Å². The summed E-state index contributed by atoms with van der Waals surface area (Å²) in [6.07, 6.45) is 0.227. The first-order valence-electron chi connectivity index (χ1n) is 8.42. The van der Waals surface area contributed by atoms with Crippen LogP contribution in [0.2, 0.25) is 0 Å². The predicted molar refractivity (Wildman–Crippen MR) is 97.8 cm³/mol. The highest BCUT2D eigenvalue weighted by Crippen LogP contribution is 2.50. The molecule has 2 aliphatic heterocycles. The fraction of sp³-hybridized carbons (Fsp3) is 0.444. The summed E-state index contributed by atoms with van der Waals surface area (Å²) in [5, 5.41) is 1.01. The van der Waals surface area contributed by atoms with Crippen molar-refractivity contribution in [2.45, 2.75) is 30.8 Å². The average molecular weight is 377 g/mol. The van der Waals surface area contributed by atoms with Gasteiger partial charge in [-0.3, -0.25) is 14.2 Å². The van der Waals surface area contributed by atoms with Gasteiger partial charge in [-0.25, -0.2) is 0 Å². The Morgan fingerprint density at radius 2 is 2.24 bits per heavy atom. The van der Waals surface area contributed by atoms with Gasteiger partial charge in [-0.05, 0) is 13.0 Å². The predicted octanol–water partition coefficient (Wildman–Crippen LogP) is 3.11. The number of thioether (sulfide) groups is 1. The highest BCUT2D eigenvalue weighted by Gasteiger charge is 2.39. The quantitative estimate of drug-likeness (QED) is 0.767. The van der Waals surface area contributed by atoms with Gasteiger partial charge in [0.15, 0.2) is 0 Å². The van der Waals surface area contributed by atoms with Crippen LogP contribution in [0, 0.1) is 5.92 Å². The lowest BCUT2D eigenvalue weighted by atomic mass is 9.84. The summed E-state index contributed by atoms with van der Waals surface area (Å²) in [7, 11) is 0. The molecule has 2 aliphatic rings. The molecular weight excluding hydrogens is 358 g/mol. The topological polar surface area (TPSA) is 57.5 Å². The first-order chi connectivity index (χ1) is 12.2. The van der Waals surface area contributed by atoms with Crippen molar-refractivity contribution in [1.82, 2.24) is 4.57 Å². The van der Waals surface area contributed by atoms with Crippen LogP contribution in [-0.2, 0) is 16.1 Å². The van der Waals surface area contributed by atoms with Crippen LogP contribution >= 0.6 is 23.1 Å². The Hall–Kier alpha value is -1.73. The van der Waals surface area contributed by atoms with Crippen LogP contribution in [0.25, 0.3) is 0 Å². The Kier molecular flexibility index (Phi) is 4.60. The van der Waals surface area contributed by atoms with Crippen LogP contribution in [0.5, 0.6) is 5.75 Å². The molecule has 0 aliphatic carbocycles. The maximum absolute atomic E-state index is 12.5. The molecule has 0 fully saturated rings. The number of carbonyl (C=O) groups is 1. The van der Waals surface area contributed by atoms with Gasteiger partial charge in [0.25, 0.3) is 0 Å². The summed E-state index contributed by atoms with van der Waals surface area (Å²) >= 11 is 3.01. The van der Waals surface area contributed by atoms with Crippen molar-refractivity contribution in [1.29, 1.82) is 0 Å². The monoisotopic (exact) mass is 377 g/mol. The molecule has 2 aromatic rings. The van der Waals surface area contributed by atoms with Crippen molar-refractivity contribution >= 4 is 29.1 Å². The highest BCUT2D eigenvalue weighted by atomic mass is 32.2. The van der Waals surface area contributed by atoms with E-state index in [-0.39, 0.29) is 23.2 Å². The van der Waals surface area contributed by atoms with Crippen LogP contribution in [0.1, 0.15) is 29.7 Å². The second-order valence-corrected chi connectivity index (χ2v) is 8.14. The van der Waals surface area contributed by atoms with E-state index in [9.17, 15) is 9.59 Å². The smallest absolute Gasteiger partial charge is 0.308 e. The van der Waals surface area contributed by atoms with E-state index in [4.69, 9.17) is 9.47 Å². The Bertz CT molecular complexity index is 857. The van der Waals surface area contributed by atoms with Crippen molar-refractivity contribution in [3.63, 3.8) is 0 Å². The third kappa shape index (κ3) is 3.00. The summed E-state index contributed by atoms with van der Waals surface area (Å²) in [5.41, 5.74) is 1.17. The Morgan fingerprint density at radius 3 is 3.08 bits per heavy atom. The molecular formula is C18H19NO4S2. The van der Waals surface area contributed by atoms with Gasteiger partial charge in [0, 0.05) is 34.6 Å². The molecule has 0 amide bonds. The van der Waals surface area contributed by atoms with Crippen LogP contribution in [0.3, 0.4) is 0 Å². The molecule has 7 heteroatoms. The van der Waals surface area contributed by atoms with E-state index in [0.29, 0.717) is 25.7 Å². The van der Waals surface area contributed by atoms with Crippen molar-refractivity contribution in [2.24, 2.45) is 5.92 Å². The summed E-state index contributed by atoms with van der Waals surface area (Å²) in [4.78, 5) is 25.3. The van der Waals surface area contributed by atoms with Gasteiger partial charge in [0.1, 0.15) is 5.75 Å². The minimum atomic E-state index is -0.260. The number of esters is 1. The lowest BCUT2D eigenvalue weighted by molar-refractivity contribution is -0.143. The van der Waals surface area contributed by atoms with Gasteiger partial charge >= 0.3 is 10.8 Å². The second kappa shape index (κ2) is 6.88. The Morgan fingerprint density at radius 1 is 1.40 bits per heavy atom. The zero-order chi connectivity index (χ0) is 17.4. The summed E-state index contributed by atoms with van der Waals surface area (Å²) in [6, 6.07) is 8.09. The van der Waals surface area contributed by atoms with Crippen LogP contribution in [0.4, 0.5) is 0 Å². The second-order valence-electron chi connectivity index (χ2n) is 6.14. The fourth-order valence-corrected chi connectivity index (χ4v) is 6.23. The maximum atomic E-state index is 12.5. The number of benzene rings is 1. The molecule has 0 saturated heterocycles. The molecule has 3 heterocycles. The third-order valence-electron chi connectivity index (χ3n) is 4.61. The SMILES string of the molecule is CCOC(=O)CCn1c2c(sc1=O)[C@@H]1c3ccccc3OC[C@@H]1CS2. The van der Waals surface area contributed by atoms with E-state index < -0.39 is 0 Å². The average Bonchev–Trinajstić information content (AvgIpc) is 2.95. The molecule has 0 radical (unpaired) electrons. The number of hydrogen-bond donors (Lipinski definition) is 0. The molecule has 0 unspecified atom stereocenters. The Balaban J connectivity index is 1.68. The van der Waals surface area contributed by atoms with E-state index in [1.807, 2.05) is 18.2 Å². The number of thiazole rings is 1. The first kappa shape index (κ1) is 16.7. The summed E-state index contributed by atoms with van der Waals surface area (Å²) in [5.74, 6) is 2.17. The lowest BCUT2D eigenvalue weighted by Crippen LogP contribution is -2.31. The number of para-hydroxylation sites is 1. The van der Waals surface area contributed by atoms with E-state index in [1.54, 1.807) is 23.3 Å². The number of aromatic nitrogens is 1. The number of rotatable bonds is 4. The van der Waals surface area contributed by atoms with Crippen molar-refractivity contribution in [2.75, 3.05) is 19.0 Å². The molecule has 0 spiro atoms. The molecule has 0 N–H and O–H groups in total. The highest BCUT2D eigenvalue weighted by molar-refractivity contribution is 7.99. The van der Waals surface area contributed by atoms with E-state index in [1.165, 1.54) is 16.9 Å². The summed E-state index contributed by atoms with van der Waals surface area (Å²) in [6.45, 7) is 3.22. The number of nitrogens with zero attached hydrogens (tertiary/aromatic N) is 1. The number of ether oxygens (including phenoxy) is 2. The minimum absolute atomic E-state index is 0.00595. The molecule has 1 aromatic heterocycles. The molecule has 132 valence electrons. The Labute approximate surface area is 154 Å². The van der Waals surface area contributed by atoms with Crippen molar-refractivity contribution < 1.29 is 14.3 Å². The largest absolute Gasteiger partial charge is 0.493 e. The van der Waals surface area contributed by atoms with Gasteiger partial charge in [0.2, 0.25) is 0 Å². The molecule has 25 heavy (non-hydrogen) atoms. The maximum Gasteiger partial charge on any atom is 0.308 e.